The van der Waals surface area contributed by atoms with Crippen molar-refractivity contribution in [2.75, 3.05) is 7.05 Å². The minimum Gasteiger partial charge on any atom is -0.360 e. The molecule has 0 atom stereocenters. The Balaban J connectivity index is 1.50. The molecule has 2 aliphatic rings. The third kappa shape index (κ3) is 2.62. The van der Waals surface area contributed by atoms with Crippen molar-refractivity contribution in [2.24, 2.45) is 0 Å². The van der Waals surface area contributed by atoms with E-state index in [1.807, 2.05) is 0 Å². The predicted molar refractivity (Wildman–Crippen MR) is 60.9 cm³/mol. The Bertz CT molecular complexity index is 355. The monoisotopic (exact) mass is 221 g/mol. The number of hydrogen-bond donors (Lipinski definition) is 1. The molecule has 0 radical (unpaired) electrons. The molecule has 2 aliphatic carbocycles. The van der Waals surface area contributed by atoms with Gasteiger partial charge in [0.1, 0.15) is 0 Å². The van der Waals surface area contributed by atoms with Crippen LogP contribution in [0.1, 0.15) is 37.1 Å². The van der Waals surface area contributed by atoms with Gasteiger partial charge in [0.2, 0.25) is 0 Å². The minimum absolute atomic E-state index is 0.731. The molecular formula is C12H19N3O. The molecule has 3 rings (SSSR count). The maximum absolute atomic E-state index is 5.33. The van der Waals surface area contributed by atoms with E-state index in [0.717, 1.165) is 36.6 Å². The Kier molecular flexibility index (Phi) is 2.69. The van der Waals surface area contributed by atoms with Gasteiger partial charge in [-0.05, 0) is 32.7 Å². The van der Waals surface area contributed by atoms with Crippen molar-refractivity contribution in [3.63, 3.8) is 0 Å². The molecule has 0 spiro atoms. The first-order chi connectivity index (χ1) is 7.81. The minimum atomic E-state index is 0.731. The first-order valence-electron chi connectivity index (χ1n) is 6.19. The largest absolute Gasteiger partial charge is 0.360 e. The summed E-state index contributed by atoms with van der Waals surface area (Å²) in [6.07, 6.45) is 5.30. The second-order valence-electron chi connectivity index (χ2n) is 5.09. The van der Waals surface area contributed by atoms with E-state index in [2.05, 4.69) is 28.5 Å². The van der Waals surface area contributed by atoms with Gasteiger partial charge in [-0.15, -0.1) is 0 Å². The van der Waals surface area contributed by atoms with Gasteiger partial charge in [-0.2, -0.15) is 0 Å². The molecule has 0 bridgehead atoms. The molecule has 0 aliphatic heterocycles. The summed E-state index contributed by atoms with van der Waals surface area (Å²) in [5.41, 5.74) is 1.03. The van der Waals surface area contributed by atoms with Gasteiger partial charge in [0, 0.05) is 24.7 Å². The predicted octanol–water partition coefficient (Wildman–Crippen LogP) is 1.52. The molecular weight excluding hydrogens is 202 g/mol. The second kappa shape index (κ2) is 4.18. The molecule has 4 heteroatoms. The normalized spacial score (nSPS) is 20.6. The van der Waals surface area contributed by atoms with Crippen LogP contribution in [-0.4, -0.2) is 29.2 Å². The fourth-order valence-electron chi connectivity index (χ4n) is 1.94. The number of nitrogens with one attached hydrogen (secondary N) is 1. The summed E-state index contributed by atoms with van der Waals surface area (Å²) in [7, 11) is 2.16. The van der Waals surface area contributed by atoms with Gasteiger partial charge >= 0.3 is 0 Å². The van der Waals surface area contributed by atoms with Crippen LogP contribution in [-0.2, 0) is 13.1 Å². The van der Waals surface area contributed by atoms with Crippen molar-refractivity contribution in [1.29, 1.82) is 0 Å². The van der Waals surface area contributed by atoms with E-state index in [1.165, 1.54) is 25.7 Å². The van der Waals surface area contributed by atoms with Gasteiger partial charge in [-0.25, -0.2) is 0 Å². The van der Waals surface area contributed by atoms with Crippen LogP contribution < -0.4 is 5.32 Å². The molecule has 0 aromatic carbocycles. The fourth-order valence-corrected chi connectivity index (χ4v) is 1.94. The highest BCUT2D eigenvalue weighted by Gasteiger charge is 2.27. The van der Waals surface area contributed by atoms with Crippen LogP contribution in [0.15, 0.2) is 10.6 Å². The Morgan fingerprint density at radius 2 is 2.25 bits per heavy atom. The van der Waals surface area contributed by atoms with Crippen molar-refractivity contribution in [2.45, 2.75) is 50.9 Å². The number of aromatic nitrogens is 1. The second-order valence-corrected chi connectivity index (χ2v) is 5.09. The van der Waals surface area contributed by atoms with Crippen LogP contribution in [0.25, 0.3) is 0 Å². The SMILES string of the molecule is CN(Cc1cc(CNC2CC2)no1)C1CC1. The van der Waals surface area contributed by atoms with Crippen molar-refractivity contribution in [3.8, 4) is 0 Å². The Hall–Kier alpha value is -0.870. The number of rotatable bonds is 6. The molecule has 1 heterocycles. The van der Waals surface area contributed by atoms with Crippen molar-refractivity contribution < 1.29 is 4.52 Å². The maximum Gasteiger partial charge on any atom is 0.151 e. The lowest BCUT2D eigenvalue weighted by atomic mass is 10.3. The molecule has 2 saturated carbocycles. The zero-order valence-electron chi connectivity index (χ0n) is 9.78. The third-order valence-corrected chi connectivity index (χ3v) is 3.33. The zero-order chi connectivity index (χ0) is 11.0. The summed E-state index contributed by atoms with van der Waals surface area (Å²) in [5.74, 6) is 0.988. The molecule has 4 nitrogen and oxygen atoms in total. The first-order valence-corrected chi connectivity index (χ1v) is 6.19. The van der Waals surface area contributed by atoms with Crippen LogP contribution in [0.5, 0.6) is 0 Å². The summed E-state index contributed by atoms with van der Waals surface area (Å²) in [6.45, 7) is 1.74. The van der Waals surface area contributed by atoms with Crippen LogP contribution in [0.3, 0.4) is 0 Å². The van der Waals surface area contributed by atoms with Crippen LogP contribution in [0.2, 0.25) is 0 Å². The van der Waals surface area contributed by atoms with E-state index in [4.69, 9.17) is 4.52 Å². The van der Waals surface area contributed by atoms with E-state index in [-0.39, 0.29) is 0 Å². The molecule has 2 fully saturated rings. The van der Waals surface area contributed by atoms with Gasteiger partial charge < -0.3 is 9.84 Å². The average molecular weight is 221 g/mol. The maximum atomic E-state index is 5.33. The Labute approximate surface area is 96.0 Å². The average Bonchev–Trinajstić information content (AvgIpc) is 3.16. The van der Waals surface area contributed by atoms with E-state index in [0.29, 0.717) is 0 Å². The van der Waals surface area contributed by atoms with Crippen LogP contribution in [0, 0.1) is 0 Å². The van der Waals surface area contributed by atoms with Crippen molar-refractivity contribution >= 4 is 0 Å². The lowest BCUT2D eigenvalue weighted by Gasteiger charge is -2.12. The number of nitrogens with zero attached hydrogens (tertiary/aromatic N) is 2. The van der Waals surface area contributed by atoms with E-state index >= 15 is 0 Å². The molecule has 0 saturated heterocycles. The quantitative estimate of drug-likeness (QED) is 0.790. The van der Waals surface area contributed by atoms with Crippen LogP contribution in [0.4, 0.5) is 0 Å². The van der Waals surface area contributed by atoms with Gasteiger partial charge in [-0.1, -0.05) is 5.16 Å². The van der Waals surface area contributed by atoms with Crippen LogP contribution >= 0.6 is 0 Å². The lowest BCUT2D eigenvalue weighted by Crippen LogP contribution is -2.19. The number of hydrogen-bond acceptors (Lipinski definition) is 4. The standard InChI is InChI=1S/C12H19N3O/c1-15(11-4-5-11)8-12-6-10(14-16-12)7-13-9-2-3-9/h6,9,11,13H,2-5,7-8H2,1H3. The highest BCUT2D eigenvalue weighted by Crippen LogP contribution is 2.26. The lowest BCUT2D eigenvalue weighted by molar-refractivity contribution is 0.264. The summed E-state index contributed by atoms with van der Waals surface area (Å²) in [6, 6.07) is 3.58. The molecule has 0 amide bonds. The molecule has 16 heavy (non-hydrogen) atoms. The topological polar surface area (TPSA) is 41.3 Å². The fraction of sp³-hybridized carbons (Fsp3) is 0.750. The van der Waals surface area contributed by atoms with E-state index in [1.54, 1.807) is 0 Å². The molecule has 88 valence electrons. The Morgan fingerprint density at radius 3 is 2.94 bits per heavy atom. The Morgan fingerprint density at radius 1 is 1.44 bits per heavy atom. The highest BCUT2D eigenvalue weighted by molar-refractivity contribution is 5.06. The molecule has 1 aromatic heterocycles. The highest BCUT2D eigenvalue weighted by atomic mass is 16.5. The smallest absolute Gasteiger partial charge is 0.151 e. The van der Waals surface area contributed by atoms with E-state index < -0.39 is 0 Å². The molecule has 0 unspecified atom stereocenters. The van der Waals surface area contributed by atoms with Gasteiger partial charge in [0.15, 0.2) is 5.76 Å². The molecule has 1 aromatic rings. The summed E-state index contributed by atoms with van der Waals surface area (Å²) in [4.78, 5) is 2.35. The zero-order valence-corrected chi connectivity index (χ0v) is 9.78. The van der Waals surface area contributed by atoms with E-state index in [9.17, 15) is 0 Å². The molecule has 1 N–H and O–H groups in total. The summed E-state index contributed by atoms with van der Waals surface area (Å²) in [5, 5.41) is 7.52. The van der Waals surface area contributed by atoms with Gasteiger partial charge in [-0.3, -0.25) is 4.90 Å². The van der Waals surface area contributed by atoms with Gasteiger partial charge in [0.05, 0.1) is 12.2 Å². The first kappa shape index (κ1) is 10.3. The van der Waals surface area contributed by atoms with Crippen molar-refractivity contribution in [3.05, 3.63) is 17.5 Å². The van der Waals surface area contributed by atoms with Gasteiger partial charge in [0.25, 0.3) is 0 Å². The third-order valence-electron chi connectivity index (χ3n) is 3.33. The summed E-state index contributed by atoms with van der Waals surface area (Å²) < 4.78 is 5.33. The van der Waals surface area contributed by atoms with Crippen molar-refractivity contribution in [1.82, 2.24) is 15.4 Å². The summed E-state index contributed by atoms with van der Waals surface area (Å²) >= 11 is 0.